The number of anilines is 1. The van der Waals surface area contributed by atoms with Crippen LogP contribution in [0, 0.1) is 0 Å². The summed E-state index contributed by atoms with van der Waals surface area (Å²) in [6.45, 7) is 5.08. The van der Waals surface area contributed by atoms with Gasteiger partial charge in [0.25, 0.3) is 5.91 Å². The first kappa shape index (κ1) is 11.9. The van der Waals surface area contributed by atoms with Crippen LogP contribution in [0.1, 0.15) is 24.3 Å². The van der Waals surface area contributed by atoms with E-state index < -0.39 is 0 Å². The quantitative estimate of drug-likeness (QED) is 0.761. The van der Waals surface area contributed by atoms with E-state index in [1.807, 2.05) is 13.8 Å². The summed E-state index contributed by atoms with van der Waals surface area (Å²) in [5, 5.41) is 4.10. The number of ether oxygens (including phenoxy) is 1. The molecule has 0 spiro atoms. The maximum Gasteiger partial charge on any atom is 0.276 e. The van der Waals surface area contributed by atoms with E-state index in [0.717, 1.165) is 0 Å². The van der Waals surface area contributed by atoms with Crippen LogP contribution < -0.4 is 5.73 Å². The van der Waals surface area contributed by atoms with Crippen LogP contribution in [0.2, 0.25) is 0 Å². The van der Waals surface area contributed by atoms with Crippen LogP contribution in [-0.2, 0) is 11.8 Å². The lowest BCUT2D eigenvalue weighted by Crippen LogP contribution is -2.48. The first-order valence-corrected chi connectivity index (χ1v) is 5.71. The first-order chi connectivity index (χ1) is 7.97. The predicted octanol–water partition coefficient (Wildman–Crippen LogP) is 0.252. The second-order valence-electron chi connectivity index (χ2n) is 4.57. The van der Waals surface area contributed by atoms with Crippen molar-refractivity contribution in [3.05, 3.63) is 11.9 Å². The van der Waals surface area contributed by atoms with Gasteiger partial charge >= 0.3 is 0 Å². The highest BCUT2D eigenvalue weighted by Gasteiger charge is 2.28. The molecule has 1 aliphatic heterocycles. The second-order valence-corrected chi connectivity index (χ2v) is 4.57. The van der Waals surface area contributed by atoms with Gasteiger partial charge in [0.15, 0.2) is 5.69 Å². The number of carbonyl (C=O) groups excluding carboxylic acids is 1. The average molecular weight is 238 g/mol. The molecule has 6 nitrogen and oxygen atoms in total. The number of amides is 1. The molecule has 0 radical (unpaired) electrons. The summed E-state index contributed by atoms with van der Waals surface area (Å²) >= 11 is 0. The van der Waals surface area contributed by atoms with Crippen LogP contribution in [0.5, 0.6) is 0 Å². The molecule has 1 aromatic heterocycles. The van der Waals surface area contributed by atoms with Crippen molar-refractivity contribution in [2.24, 2.45) is 7.05 Å². The van der Waals surface area contributed by atoms with E-state index >= 15 is 0 Å². The summed E-state index contributed by atoms with van der Waals surface area (Å²) in [5.74, 6) is -0.120. The largest absolute Gasteiger partial charge is 0.396 e. The van der Waals surface area contributed by atoms with Gasteiger partial charge < -0.3 is 15.4 Å². The zero-order valence-corrected chi connectivity index (χ0v) is 10.4. The van der Waals surface area contributed by atoms with Gasteiger partial charge in [-0.3, -0.25) is 9.48 Å². The Hall–Kier alpha value is -1.56. The van der Waals surface area contributed by atoms with Crippen LogP contribution in [0.3, 0.4) is 0 Å². The van der Waals surface area contributed by atoms with E-state index in [4.69, 9.17) is 10.5 Å². The molecule has 0 saturated carbocycles. The van der Waals surface area contributed by atoms with Gasteiger partial charge in [0.1, 0.15) is 0 Å². The van der Waals surface area contributed by atoms with E-state index in [9.17, 15) is 4.79 Å². The molecule has 2 atom stereocenters. The number of carbonyl (C=O) groups is 1. The van der Waals surface area contributed by atoms with Gasteiger partial charge in [-0.2, -0.15) is 5.10 Å². The highest BCUT2D eigenvalue weighted by molar-refractivity contribution is 5.97. The number of hydrogen-bond acceptors (Lipinski definition) is 4. The number of aromatic nitrogens is 2. The fourth-order valence-corrected chi connectivity index (χ4v) is 2.17. The van der Waals surface area contributed by atoms with Gasteiger partial charge in [0, 0.05) is 26.3 Å². The summed E-state index contributed by atoms with van der Waals surface area (Å²) in [6.07, 6.45) is 1.74. The zero-order valence-electron chi connectivity index (χ0n) is 10.4. The monoisotopic (exact) mass is 238 g/mol. The Bertz CT molecular complexity index is 419. The van der Waals surface area contributed by atoms with Crippen LogP contribution in [-0.4, -0.2) is 45.9 Å². The Morgan fingerprint density at radius 1 is 1.47 bits per heavy atom. The number of morpholine rings is 1. The third-order valence-electron chi connectivity index (χ3n) is 2.77. The van der Waals surface area contributed by atoms with Crippen molar-refractivity contribution in [1.29, 1.82) is 0 Å². The molecule has 2 unspecified atom stereocenters. The molecule has 0 aromatic carbocycles. The number of nitrogens with two attached hydrogens (primary N) is 1. The van der Waals surface area contributed by atoms with Gasteiger partial charge in [0.05, 0.1) is 17.9 Å². The van der Waals surface area contributed by atoms with Crippen molar-refractivity contribution >= 4 is 11.6 Å². The summed E-state index contributed by atoms with van der Waals surface area (Å²) in [4.78, 5) is 14.0. The first-order valence-electron chi connectivity index (χ1n) is 5.71. The molecule has 2 rings (SSSR count). The molecule has 1 saturated heterocycles. The van der Waals surface area contributed by atoms with Crippen molar-refractivity contribution < 1.29 is 9.53 Å². The zero-order chi connectivity index (χ0) is 12.6. The lowest BCUT2D eigenvalue weighted by Gasteiger charge is -2.34. The third kappa shape index (κ3) is 2.41. The fourth-order valence-electron chi connectivity index (χ4n) is 2.17. The topological polar surface area (TPSA) is 73.4 Å². The average Bonchev–Trinajstić information content (AvgIpc) is 2.55. The van der Waals surface area contributed by atoms with Crippen molar-refractivity contribution in [3.8, 4) is 0 Å². The molecule has 6 heteroatoms. The van der Waals surface area contributed by atoms with Crippen molar-refractivity contribution in [1.82, 2.24) is 14.7 Å². The van der Waals surface area contributed by atoms with Crippen molar-refractivity contribution in [2.45, 2.75) is 26.1 Å². The Morgan fingerprint density at radius 3 is 2.53 bits per heavy atom. The Labute approximate surface area is 100 Å². The predicted molar refractivity (Wildman–Crippen MR) is 63.5 cm³/mol. The highest BCUT2D eigenvalue weighted by Crippen LogP contribution is 2.16. The number of aryl methyl sites for hydroxylation is 1. The third-order valence-corrected chi connectivity index (χ3v) is 2.77. The maximum absolute atomic E-state index is 12.2. The molecule has 2 N–H and O–H groups in total. The molecular weight excluding hydrogens is 220 g/mol. The summed E-state index contributed by atoms with van der Waals surface area (Å²) in [6, 6.07) is 0. The van der Waals surface area contributed by atoms with Gasteiger partial charge in [-0.25, -0.2) is 0 Å². The van der Waals surface area contributed by atoms with E-state index in [2.05, 4.69) is 5.10 Å². The Balaban J connectivity index is 2.17. The molecule has 1 aliphatic rings. The Kier molecular flexibility index (Phi) is 3.06. The van der Waals surface area contributed by atoms with Crippen LogP contribution in [0.15, 0.2) is 6.20 Å². The number of nitrogen functional groups attached to an aromatic ring is 1. The van der Waals surface area contributed by atoms with Crippen LogP contribution >= 0.6 is 0 Å². The normalized spacial score (nSPS) is 25.0. The Morgan fingerprint density at radius 2 is 2.06 bits per heavy atom. The lowest BCUT2D eigenvalue weighted by molar-refractivity contribution is -0.0587. The summed E-state index contributed by atoms with van der Waals surface area (Å²) in [7, 11) is 1.75. The molecule has 0 aliphatic carbocycles. The molecule has 1 amide bonds. The lowest BCUT2D eigenvalue weighted by atomic mass is 10.2. The van der Waals surface area contributed by atoms with E-state index in [1.54, 1.807) is 22.8 Å². The number of nitrogens with zero attached hydrogens (tertiary/aromatic N) is 3. The fraction of sp³-hybridized carbons (Fsp3) is 0.636. The molecule has 1 aromatic rings. The SMILES string of the molecule is CC1CN(C(=O)c2nn(C)cc2N)CC(C)O1. The summed E-state index contributed by atoms with van der Waals surface area (Å²) in [5.41, 5.74) is 6.50. The smallest absolute Gasteiger partial charge is 0.276 e. The van der Waals surface area contributed by atoms with Crippen LogP contribution in [0.4, 0.5) is 5.69 Å². The minimum Gasteiger partial charge on any atom is -0.396 e. The van der Waals surface area contributed by atoms with Gasteiger partial charge in [-0.1, -0.05) is 0 Å². The van der Waals surface area contributed by atoms with Crippen molar-refractivity contribution in [3.63, 3.8) is 0 Å². The van der Waals surface area contributed by atoms with E-state index in [0.29, 0.717) is 24.5 Å². The molecule has 17 heavy (non-hydrogen) atoms. The van der Waals surface area contributed by atoms with Gasteiger partial charge in [0.2, 0.25) is 0 Å². The van der Waals surface area contributed by atoms with E-state index in [1.165, 1.54) is 0 Å². The number of hydrogen-bond donors (Lipinski definition) is 1. The molecule has 94 valence electrons. The minimum atomic E-state index is -0.120. The minimum absolute atomic E-state index is 0.0487. The standard InChI is InChI=1S/C11H18N4O2/c1-7-4-15(5-8(2)17-7)11(16)10-9(12)6-14(3)13-10/h6-8H,4-5,12H2,1-3H3. The van der Waals surface area contributed by atoms with Gasteiger partial charge in [-0.15, -0.1) is 0 Å². The van der Waals surface area contributed by atoms with E-state index in [-0.39, 0.29) is 18.1 Å². The van der Waals surface area contributed by atoms with Crippen LogP contribution in [0.25, 0.3) is 0 Å². The number of rotatable bonds is 1. The summed E-state index contributed by atoms with van der Waals surface area (Å²) < 4.78 is 7.14. The van der Waals surface area contributed by atoms with Crippen molar-refractivity contribution in [2.75, 3.05) is 18.8 Å². The highest BCUT2D eigenvalue weighted by atomic mass is 16.5. The maximum atomic E-state index is 12.2. The molecular formula is C11H18N4O2. The molecule has 1 fully saturated rings. The van der Waals surface area contributed by atoms with Gasteiger partial charge in [-0.05, 0) is 13.8 Å². The molecule has 0 bridgehead atoms. The second kappa shape index (κ2) is 4.37. The molecule has 2 heterocycles.